The smallest absolute Gasteiger partial charge is 0.134 e. The molecule has 6 nitrogen and oxygen atoms in total. The predicted octanol–water partition coefficient (Wildman–Crippen LogP) is 1.22. The van der Waals surface area contributed by atoms with E-state index < -0.39 is 0 Å². The van der Waals surface area contributed by atoms with Crippen LogP contribution in [0.25, 0.3) is 0 Å². The summed E-state index contributed by atoms with van der Waals surface area (Å²) < 4.78 is 11.2. The van der Waals surface area contributed by atoms with Crippen molar-refractivity contribution in [1.29, 1.82) is 0 Å². The first-order chi connectivity index (χ1) is 10.2. The zero-order valence-electron chi connectivity index (χ0n) is 13.0. The molecule has 1 aliphatic rings. The molecule has 0 radical (unpaired) electrons. The van der Waals surface area contributed by atoms with Gasteiger partial charge in [-0.3, -0.25) is 4.90 Å². The summed E-state index contributed by atoms with van der Waals surface area (Å²) in [5, 5.41) is 0. The summed E-state index contributed by atoms with van der Waals surface area (Å²) in [5.74, 6) is 2.17. The third-order valence-corrected chi connectivity index (χ3v) is 3.67. The number of nitrogen functional groups attached to an aromatic ring is 1. The van der Waals surface area contributed by atoms with Gasteiger partial charge in [-0.25, -0.2) is 4.98 Å². The molecule has 0 bridgehead atoms. The summed E-state index contributed by atoms with van der Waals surface area (Å²) in [6, 6.07) is 3.75. The molecule has 0 unspecified atom stereocenters. The molecule has 6 heteroatoms. The molecule has 0 aromatic carbocycles. The maximum absolute atomic E-state index is 5.88. The van der Waals surface area contributed by atoms with Crippen molar-refractivity contribution in [2.45, 2.75) is 13.8 Å². The van der Waals surface area contributed by atoms with E-state index >= 15 is 0 Å². The fourth-order valence-electron chi connectivity index (χ4n) is 2.42. The molecule has 118 valence electrons. The molecule has 1 saturated heterocycles. The first-order valence-electron chi connectivity index (χ1n) is 7.68. The van der Waals surface area contributed by atoms with Crippen molar-refractivity contribution in [2.24, 2.45) is 0 Å². The molecule has 0 aliphatic carbocycles. The second kappa shape index (κ2) is 8.05. The van der Waals surface area contributed by atoms with Gasteiger partial charge in [0.05, 0.1) is 13.2 Å². The molecule has 0 spiro atoms. The Morgan fingerprint density at radius 2 is 2.00 bits per heavy atom. The lowest BCUT2D eigenvalue weighted by Crippen LogP contribution is -2.38. The minimum absolute atomic E-state index is 0.501. The van der Waals surface area contributed by atoms with Crippen LogP contribution < -0.4 is 15.4 Å². The van der Waals surface area contributed by atoms with Crippen LogP contribution in [0.5, 0.6) is 5.75 Å². The highest BCUT2D eigenvalue weighted by atomic mass is 16.5. The molecule has 2 N–H and O–H groups in total. The van der Waals surface area contributed by atoms with Crippen LogP contribution in [0.15, 0.2) is 12.1 Å². The van der Waals surface area contributed by atoms with Gasteiger partial charge in [-0.05, 0) is 13.8 Å². The summed E-state index contributed by atoms with van der Waals surface area (Å²) in [4.78, 5) is 8.88. The van der Waals surface area contributed by atoms with E-state index in [-0.39, 0.29) is 0 Å². The van der Waals surface area contributed by atoms with Crippen LogP contribution in [0.2, 0.25) is 0 Å². The number of nitrogens with zero attached hydrogens (tertiary/aromatic N) is 3. The number of hydrogen-bond acceptors (Lipinski definition) is 6. The minimum Gasteiger partial charge on any atom is -0.492 e. The van der Waals surface area contributed by atoms with Crippen molar-refractivity contribution < 1.29 is 9.47 Å². The number of aromatic nitrogens is 1. The van der Waals surface area contributed by atoms with Crippen molar-refractivity contribution in [3.63, 3.8) is 0 Å². The van der Waals surface area contributed by atoms with Crippen LogP contribution in [-0.4, -0.2) is 62.4 Å². The molecule has 1 aromatic heterocycles. The molecule has 2 heterocycles. The molecular formula is C15H26N4O2. The van der Waals surface area contributed by atoms with Gasteiger partial charge in [0, 0.05) is 44.9 Å². The maximum Gasteiger partial charge on any atom is 0.134 e. The van der Waals surface area contributed by atoms with Crippen molar-refractivity contribution in [3.05, 3.63) is 12.1 Å². The van der Waals surface area contributed by atoms with Crippen molar-refractivity contribution >= 4 is 11.6 Å². The van der Waals surface area contributed by atoms with E-state index in [1.807, 2.05) is 6.07 Å². The Kier molecular flexibility index (Phi) is 6.07. The third-order valence-electron chi connectivity index (χ3n) is 3.67. The van der Waals surface area contributed by atoms with Gasteiger partial charge < -0.3 is 20.1 Å². The molecule has 0 atom stereocenters. The lowest BCUT2D eigenvalue weighted by Gasteiger charge is -2.26. The minimum atomic E-state index is 0.501. The van der Waals surface area contributed by atoms with Gasteiger partial charge >= 0.3 is 0 Å². The lowest BCUT2D eigenvalue weighted by atomic mass is 10.3. The molecule has 1 aromatic rings. The fraction of sp³-hybridized carbons (Fsp3) is 0.667. The quantitative estimate of drug-likeness (QED) is 0.816. The van der Waals surface area contributed by atoms with Gasteiger partial charge in [0.1, 0.15) is 24.0 Å². The van der Waals surface area contributed by atoms with E-state index in [1.165, 1.54) is 0 Å². The van der Waals surface area contributed by atoms with E-state index in [4.69, 9.17) is 15.2 Å². The summed E-state index contributed by atoms with van der Waals surface area (Å²) in [7, 11) is 0. The highest BCUT2D eigenvalue weighted by Gasteiger charge is 2.11. The monoisotopic (exact) mass is 294 g/mol. The van der Waals surface area contributed by atoms with Crippen LogP contribution in [0.3, 0.4) is 0 Å². The van der Waals surface area contributed by atoms with Crippen LogP contribution in [0.4, 0.5) is 11.6 Å². The van der Waals surface area contributed by atoms with Crippen LogP contribution in [0, 0.1) is 0 Å². The zero-order valence-corrected chi connectivity index (χ0v) is 13.0. The van der Waals surface area contributed by atoms with Crippen LogP contribution in [-0.2, 0) is 4.74 Å². The largest absolute Gasteiger partial charge is 0.492 e. The molecular weight excluding hydrogens is 268 g/mol. The standard InChI is InChI=1S/C15H26N4O2/c1-3-19(4-2)15-12-13(11-14(16)17-15)21-10-7-18-5-8-20-9-6-18/h11-12H,3-10H2,1-2H3,(H2,16,17). The Morgan fingerprint density at radius 3 is 2.67 bits per heavy atom. The zero-order chi connectivity index (χ0) is 15.1. The molecule has 0 amide bonds. The number of anilines is 2. The molecule has 0 saturated carbocycles. The van der Waals surface area contributed by atoms with Crippen LogP contribution in [0.1, 0.15) is 13.8 Å². The number of ether oxygens (including phenoxy) is 2. The maximum atomic E-state index is 5.88. The first-order valence-corrected chi connectivity index (χ1v) is 7.68. The van der Waals surface area contributed by atoms with Gasteiger partial charge in [-0.15, -0.1) is 0 Å². The lowest BCUT2D eigenvalue weighted by molar-refractivity contribution is 0.0322. The molecule has 2 rings (SSSR count). The van der Waals surface area contributed by atoms with E-state index in [2.05, 4.69) is 28.6 Å². The fourth-order valence-corrected chi connectivity index (χ4v) is 2.42. The van der Waals surface area contributed by atoms with Crippen molar-refractivity contribution in [3.8, 4) is 5.75 Å². The van der Waals surface area contributed by atoms with E-state index in [0.29, 0.717) is 12.4 Å². The SMILES string of the molecule is CCN(CC)c1cc(OCCN2CCOCC2)cc(N)n1. The third kappa shape index (κ3) is 4.75. The number of morpholine rings is 1. The normalized spacial score (nSPS) is 15.9. The Bertz CT molecular complexity index is 432. The average molecular weight is 294 g/mol. The molecule has 1 aliphatic heterocycles. The predicted molar refractivity (Wildman–Crippen MR) is 85.0 cm³/mol. The highest BCUT2D eigenvalue weighted by Crippen LogP contribution is 2.21. The number of rotatable bonds is 7. The van der Waals surface area contributed by atoms with Gasteiger partial charge in [0.25, 0.3) is 0 Å². The van der Waals surface area contributed by atoms with E-state index in [9.17, 15) is 0 Å². The summed E-state index contributed by atoms with van der Waals surface area (Å²) in [5.41, 5.74) is 5.88. The van der Waals surface area contributed by atoms with E-state index in [0.717, 1.165) is 57.5 Å². The highest BCUT2D eigenvalue weighted by molar-refractivity contribution is 5.51. The second-order valence-corrected chi connectivity index (χ2v) is 5.06. The summed E-state index contributed by atoms with van der Waals surface area (Å²) in [6.07, 6.45) is 0. The van der Waals surface area contributed by atoms with Gasteiger partial charge in [0.15, 0.2) is 0 Å². The molecule has 21 heavy (non-hydrogen) atoms. The van der Waals surface area contributed by atoms with Gasteiger partial charge in [-0.2, -0.15) is 0 Å². The Balaban J connectivity index is 1.90. The van der Waals surface area contributed by atoms with Crippen molar-refractivity contribution in [2.75, 3.05) is 63.2 Å². The topological polar surface area (TPSA) is 63.9 Å². The van der Waals surface area contributed by atoms with Gasteiger partial charge in [0.2, 0.25) is 0 Å². The second-order valence-electron chi connectivity index (χ2n) is 5.06. The number of nitrogens with two attached hydrogens (primary N) is 1. The number of pyridine rings is 1. The van der Waals surface area contributed by atoms with Crippen molar-refractivity contribution in [1.82, 2.24) is 9.88 Å². The number of hydrogen-bond donors (Lipinski definition) is 1. The first kappa shape index (κ1) is 15.9. The van der Waals surface area contributed by atoms with E-state index in [1.54, 1.807) is 6.07 Å². The summed E-state index contributed by atoms with van der Waals surface area (Å²) in [6.45, 7) is 11.2. The molecule has 1 fully saturated rings. The average Bonchev–Trinajstić information content (AvgIpc) is 2.49. The van der Waals surface area contributed by atoms with Gasteiger partial charge in [-0.1, -0.05) is 0 Å². The Morgan fingerprint density at radius 1 is 1.29 bits per heavy atom. The summed E-state index contributed by atoms with van der Waals surface area (Å²) >= 11 is 0. The Labute approximate surface area is 126 Å². The Hall–Kier alpha value is -1.53. The van der Waals surface area contributed by atoms with Crippen LogP contribution >= 0.6 is 0 Å².